The van der Waals surface area contributed by atoms with Gasteiger partial charge in [-0.05, 0) is 52.6 Å². The molecule has 0 radical (unpaired) electrons. The van der Waals surface area contributed by atoms with Gasteiger partial charge in [0.25, 0.3) is 5.91 Å². The lowest BCUT2D eigenvalue weighted by Gasteiger charge is -2.12. The van der Waals surface area contributed by atoms with Crippen LogP contribution in [-0.4, -0.2) is 26.1 Å². The first-order valence-electron chi connectivity index (χ1n) is 10.2. The third-order valence-corrected chi connectivity index (χ3v) is 5.13. The van der Waals surface area contributed by atoms with E-state index in [0.717, 1.165) is 12.0 Å². The van der Waals surface area contributed by atoms with E-state index < -0.39 is 0 Å². The maximum Gasteiger partial charge on any atom is 0.274 e. The third-order valence-electron chi connectivity index (χ3n) is 5.13. The van der Waals surface area contributed by atoms with Crippen molar-refractivity contribution in [3.05, 3.63) is 84.3 Å². The Hall–Kier alpha value is -4.00. The highest BCUT2D eigenvalue weighted by molar-refractivity contribution is 6.24. The summed E-state index contributed by atoms with van der Waals surface area (Å²) in [5.41, 5.74) is 2.96. The van der Waals surface area contributed by atoms with Gasteiger partial charge in [-0.1, -0.05) is 56.3 Å². The lowest BCUT2D eigenvalue weighted by atomic mass is 9.99. The molecule has 2 heterocycles. The van der Waals surface area contributed by atoms with Gasteiger partial charge in [-0.25, -0.2) is 0 Å². The monoisotopic (exact) mass is 413 g/mol. The molecular formula is C24H23N5O2. The summed E-state index contributed by atoms with van der Waals surface area (Å²) in [7, 11) is 0. The van der Waals surface area contributed by atoms with Crippen LogP contribution in [0.2, 0.25) is 0 Å². The summed E-state index contributed by atoms with van der Waals surface area (Å²) < 4.78 is 6.84. The van der Waals surface area contributed by atoms with Crippen molar-refractivity contribution in [3.8, 4) is 11.4 Å². The molecule has 0 saturated carbocycles. The van der Waals surface area contributed by atoms with Crippen LogP contribution in [0.15, 0.2) is 77.4 Å². The molecule has 0 aliphatic rings. The largest absolute Gasteiger partial charge is 0.465 e. The number of tetrazole rings is 1. The number of nitrogens with one attached hydrogen (secondary N) is 1. The van der Waals surface area contributed by atoms with Crippen LogP contribution >= 0.6 is 0 Å². The van der Waals surface area contributed by atoms with Crippen LogP contribution in [0.1, 0.15) is 37.5 Å². The quantitative estimate of drug-likeness (QED) is 0.427. The molecule has 0 saturated heterocycles. The zero-order valence-electron chi connectivity index (χ0n) is 17.4. The lowest BCUT2D eigenvalue weighted by molar-refractivity contribution is -0.111. The molecule has 4 aromatic rings. The number of furan rings is 1. The van der Waals surface area contributed by atoms with Gasteiger partial charge >= 0.3 is 0 Å². The standard InChI is InChI=1S/C24H23N5O2/c1-3-17(2)18-11-13-20(14-12-18)25-24(30)22(16-21-10-7-15-31-21)29-23(26-27-28-29)19-8-5-4-6-9-19/h4-17H,3H2,1-2H3,(H,25,30)/b22-16+. The van der Waals surface area contributed by atoms with Gasteiger partial charge in [-0.3, -0.25) is 4.79 Å². The van der Waals surface area contributed by atoms with Crippen LogP contribution in [0.4, 0.5) is 5.69 Å². The van der Waals surface area contributed by atoms with Crippen molar-refractivity contribution in [1.82, 2.24) is 20.2 Å². The van der Waals surface area contributed by atoms with Crippen molar-refractivity contribution in [2.75, 3.05) is 5.32 Å². The van der Waals surface area contributed by atoms with E-state index in [0.29, 0.717) is 23.2 Å². The Bertz CT molecular complexity index is 1160. The van der Waals surface area contributed by atoms with Gasteiger partial charge in [0.1, 0.15) is 11.5 Å². The third kappa shape index (κ3) is 4.61. The molecule has 0 aliphatic heterocycles. The van der Waals surface area contributed by atoms with E-state index in [1.165, 1.54) is 10.2 Å². The molecule has 0 fully saturated rings. The summed E-state index contributed by atoms with van der Waals surface area (Å²) >= 11 is 0. The fraction of sp³-hybridized carbons (Fsp3) is 0.167. The molecule has 2 aromatic heterocycles. The van der Waals surface area contributed by atoms with E-state index in [1.54, 1.807) is 24.5 Å². The van der Waals surface area contributed by atoms with Gasteiger partial charge in [0.15, 0.2) is 5.82 Å². The predicted octanol–water partition coefficient (Wildman–Crippen LogP) is 5.08. The molecule has 1 amide bonds. The number of rotatable bonds is 7. The van der Waals surface area contributed by atoms with Crippen LogP contribution in [-0.2, 0) is 4.79 Å². The number of hydrogen-bond acceptors (Lipinski definition) is 5. The average molecular weight is 413 g/mol. The van der Waals surface area contributed by atoms with Crippen molar-refractivity contribution in [2.24, 2.45) is 0 Å². The molecule has 1 unspecified atom stereocenters. The number of hydrogen-bond donors (Lipinski definition) is 1. The minimum absolute atomic E-state index is 0.241. The maximum absolute atomic E-state index is 13.3. The molecule has 7 heteroatoms. The van der Waals surface area contributed by atoms with E-state index in [4.69, 9.17) is 4.42 Å². The SMILES string of the molecule is CCC(C)c1ccc(NC(=O)/C(=C\c2ccco2)n2nnnc2-c2ccccc2)cc1. The molecular weight excluding hydrogens is 390 g/mol. The molecule has 0 aliphatic carbocycles. The summed E-state index contributed by atoms with van der Waals surface area (Å²) in [6.07, 6.45) is 4.22. The Labute approximate surface area is 180 Å². The molecule has 1 N–H and O–H groups in total. The number of aromatic nitrogens is 4. The lowest BCUT2D eigenvalue weighted by Crippen LogP contribution is -2.19. The Morgan fingerprint density at radius 2 is 1.87 bits per heavy atom. The van der Waals surface area contributed by atoms with Gasteiger partial charge in [-0.2, -0.15) is 4.68 Å². The second-order valence-corrected chi connectivity index (χ2v) is 7.21. The number of amides is 1. The first kappa shape index (κ1) is 20.3. The highest BCUT2D eigenvalue weighted by atomic mass is 16.3. The summed E-state index contributed by atoms with van der Waals surface area (Å²) in [4.78, 5) is 13.3. The number of nitrogens with zero attached hydrogens (tertiary/aromatic N) is 4. The Balaban J connectivity index is 1.67. The first-order chi connectivity index (χ1) is 15.2. The molecule has 31 heavy (non-hydrogen) atoms. The second-order valence-electron chi connectivity index (χ2n) is 7.21. The minimum Gasteiger partial charge on any atom is -0.465 e. The van der Waals surface area contributed by atoms with Gasteiger partial charge in [0.2, 0.25) is 0 Å². The first-order valence-corrected chi connectivity index (χ1v) is 10.2. The average Bonchev–Trinajstić information content (AvgIpc) is 3.50. The molecule has 0 bridgehead atoms. The topological polar surface area (TPSA) is 85.8 Å². The highest BCUT2D eigenvalue weighted by Crippen LogP contribution is 2.23. The smallest absolute Gasteiger partial charge is 0.274 e. The molecule has 2 aromatic carbocycles. The molecule has 4 rings (SSSR count). The summed E-state index contributed by atoms with van der Waals surface area (Å²) in [5, 5.41) is 14.9. The van der Waals surface area contributed by atoms with E-state index >= 15 is 0 Å². The van der Waals surface area contributed by atoms with Crippen LogP contribution in [0.3, 0.4) is 0 Å². The zero-order chi connectivity index (χ0) is 21.6. The zero-order valence-corrected chi connectivity index (χ0v) is 17.4. The van der Waals surface area contributed by atoms with Crippen LogP contribution in [0, 0.1) is 0 Å². The van der Waals surface area contributed by atoms with Crippen LogP contribution in [0.25, 0.3) is 23.2 Å². The summed E-state index contributed by atoms with van der Waals surface area (Å²) in [6.45, 7) is 4.34. The van der Waals surface area contributed by atoms with E-state index in [1.807, 2.05) is 54.6 Å². The minimum atomic E-state index is -0.350. The fourth-order valence-electron chi connectivity index (χ4n) is 3.17. The molecule has 156 valence electrons. The van der Waals surface area contributed by atoms with E-state index in [9.17, 15) is 4.79 Å². The predicted molar refractivity (Wildman–Crippen MR) is 120 cm³/mol. The van der Waals surface area contributed by atoms with Crippen molar-refractivity contribution >= 4 is 23.4 Å². The van der Waals surface area contributed by atoms with Gasteiger partial charge < -0.3 is 9.73 Å². The van der Waals surface area contributed by atoms with Gasteiger partial charge in [0, 0.05) is 17.3 Å². The molecule has 1 atom stereocenters. The van der Waals surface area contributed by atoms with Crippen molar-refractivity contribution in [3.63, 3.8) is 0 Å². The maximum atomic E-state index is 13.3. The Morgan fingerprint density at radius 3 is 2.55 bits per heavy atom. The van der Waals surface area contributed by atoms with Crippen molar-refractivity contribution in [1.29, 1.82) is 0 Å². The fourth-order valence-corrected chi connectivity index (χ4v) is 3.17. The van der Waals surface area contributed by atoms with E-state index in [-0.39, 0.29) is 11.6 Å². The highest BCUT2D eigenvalue weighted by Gasteiger charge is 2.20. The van der Waals surface area contributed by atoms with Crippen LogP contribution in [0.5, 0.6) is 0 Å². The molecule has 7 nitrogen and oxygen atoms in total. The van der Waals surface area contributed by atoms with Gasteiger partial charge in [-0.15, -0.1) is 5.10 Å². The summed E-state index contributed by atoms with van der Waals surface area (Å²) in [6, 6.07) is 20.9. The second kappa shape index (κ2) is 9.21. The van der Waals surface area contributed by atoms with Gasteiger partial charge in [0.05, 0.1) is 6.26 Å². The Kier molecular flexibility index (Phi) is 6.03. The number of carbonyl (C=O) groups excluding carboxylic acids is 1. The van der Waals surface area contributed by atoms with Crippen molar-refractivity contribution < 1.29 is 9.21 Å². The normalized spacial score (nSPS) is 12.5. The number of benzene rings is 2. The van der Waals surface area contributed by atoms with Crippen molar-refractivity contribution in [2.45, 2.75) is 26.2 Å². The summed E-state index contributed by atoms with van der Waals surface area (Å²) in [5.74, 6) is 1.10. The van der Waals surface area contributed by atoms with Crippen LogP contribution < -0.4 is 5.32 Å². The molecule has 0 spiro atoms. The van der Waals surface area contributed by atoms with E-state index in [2.05, 4.69) is 34.7 Å². The number of carbonyl (C=O) groups is 1. The Morgan fingerprint density at radius 1 is 1.10 bits per heavy atom. The number of anilines is 1.